The average Bonchev–Trinajstić information content (AvgIpc) is 3.23. The second-order valence-electron chi connectivity index (χ2n) is 5.89. The second kappa shape index (κ2) is 5.86. The van der Waals surface area contributed by atoms with Gasteiger partial charge in [-0.05, 0) is 25.7 Å². The van der Waals surface area contributed by atoms with E-state index in [1.807, 2.05) is 32.3 Å². The number of hydrogen-bond donors (Lipinski definition) is 1. The Balaban J connectivity index is 1.62. The third kappa shape index (κ3) is 2.77. The number of nitrogens with one attached hydrogen (secondary N) is 1. The van der Waals surface area contributed by atoms with Crippen LogP contribution in [0.2, 0.25) is 0 Å². The second-order valence-corrected chi connectivity index (χ2v) is 5.89. The number of hydrogen-bond acceptors (Lipinski definition) is 6. The van der Waals surface area contributed by atoms with E-state index in [0.29, 0.717) is 11.7 Å². The molecule has 4 aromatic rings. The van der Waals surface area contributed by atoms with Gasteiger partial charge in [-0.15, -0.1) is 0 Å². The van der Waals surface area contributed by atoms with Gasteiger partial charge in [-0.2, -0.15) is 10.1 Å². The van der Waals surface area contributed by atoms with Gasteiger partial charge in [0.05, 0.1) is 11.8 Å². The van der Waals surface area contributed by atoms with Crippen molar-refractivity contribution >= 4 is 11.0 Å². The molecule has 120 valence electrons. The number of aromatic nitrogens is 5. The number of benzene rings is 1. The highest BCUT2D eigenvalue weighted by atomic mass is 16.5. The lowest BCUT2D eigenvalue weighted by atomic mass is 10.1. The van der Waals surface area contributed by atoms with Crippen LogP contribution in [0.15, 0.2) is 47.2 Å². The first-order chi connectivity index (χ1) is 11.7. The van der Waals surface area contributed by atoms with Crippen LogP contribution in [0.4, 0.5) is 0 Å². The molecule has 24 heavy (non-hydrogen) atoms. The highest BCUT2D eigenvalue weighted by molar-refractivity contribution is 5.78. The predicted molar refractivity (Wildman–Crippen MR) is 90.0 cm³/mol. The van der Waals surface area contributed by atoms with Gasteiger partial charge in [0, 0.05) is 23.7 Å². The summed E-state index contributed by atoms with van der Waals surface area (Å²) >= 11 is 0. The fraction of sp³-hybridized carbons (Fsp3) is 0.176. The van der Waals surface area contributed by atoms with Gasteiger partial charge in [0.15, 0.2) is 5.65 Å². The zero-order chi connectivity index (χ0) is 16.5. The molecule has 0 spiro atoms. The van der Waals surface area contributed by atoms with Crippen molar-refractivity contribution in [1.82, 2.24) is 30.2 Å². The van der Waals surface area contributed by atoms with E-state index in [-0.39, 0.29) is 0 Å². The molecule has 0 radical (unpaired) electrons. The summed E-state index contributed by atoms with van der Waals surface area (Å²) < 4.78 is 5.39. The third-order valence-electron chi connectivity index (χ3n) is 3.68. The first kappa shape index (κ1) is 14.5. The van der Waals surface area contributed by atoms with Crippen LogP contribution in [0.25, 0.3) is 33.9 Å². The standard InChI is InChI=1S/C17H16N6O/c1-23(2)10-11-3-5-12(6-4-11)16-20-17(24-22-16)14-7-13-9-19-21-15(13)18-8-14/h3-9H,10H2,1-2H3,(H,18,19,21). The maximum absolute atomic E-state index is 5.39. The Labute approximate surface area is 138 Å². The highest BCUT2D eigenvalue weighted by Crippen LogP contribution is 2.24. The molecule has 7 heteroatoms. The minimum atomic E-state index is 0.443. The van der Waals surface area contributed by atoms with Gasteiger partial charge in [0.25, 0.3) is 5.89 Å². The van der Waals surface area contributed by atoms with E-state index in [0.717, 1.165) is 28.7 Å². The molecule has 0 fully saturated rings. The van der Waals surface area contributed by atoms with E-state index in [1.165, 1.54) is 5.56 Å². The van der Waals surface area contributed by atoms with E-state index in [9.17, 15) is 0 Å². The van der Waals surface area contributed by atoms with Crippen LogP contribution in [0.1, 0.15) is 5.56 Å². The van der Waals surface area contributed by atoms with E-state index in [2.05, 4.69) is 42.4 Å². The highest BCUT2D eigenvalue weighted by Gasteiger charge is 2.12. The van der Waals surface area contributed by atoms with Gasteiger partial charge < -0.3 is 9.42 Å². The molecule has 1 N–H and O–H groups in total. The molecule has 0 saturated carbocycles. The lowest BCUT2D eigenvalue weighted by molar-refractivity contribution is 0.402. The largest absolute Gasteiger partial charge is 0.334 e. The van der Waals surface area contributed by atoms with Crippen LogP contribution in [0.5, 0.6) is 0 Å². The fourth-order valence-corrected chi connectivity index (χ4v) is 2.54. The molecular weight excluding hydrogens is 304 g/mol. The zero-order valence-corrected chi connectivity index (χ0v) is 13.4. The molecule has 0 atom stereocenters. The van der Waals surface area contributed by atoms with Crippen LogP contribution < -0.4 is 0 Å². The summed E-state index contributed by atoms with van der Waals surface area (Å²) in [6.45, 7) is 0.897. The topological polar surface area (TPSA) is 83.7 Å². The van der Waals surface area contributed by atoms with E-state index >= 15 is 0 Å². The average molecular weight is 320 g/mol. The molecule has 0 aliphatic rings. The normalized spacial score (nSPS) is 11.5. The summed E-state index contributed by atoms with van der Waals surface area (Å²) in [4.78, 5) is 10.9. The molecule has 0 aliphatic carbocycles. The van der Waals surface area contributed by atoms with Crippen LogP contribution >= 0.6 is 0 Å². The molecule has 0 unspecified atom stereocenters. The van der Waals surface area contributed by atoms with Crippen molar-refractivity contribution < 1.29 is 4.52 Å². The maximum atomic E-state index is 5.39. The first-order valence-corrected chi connectivity index (χ1v) is 7.56. The van der Waals surface area contributed by atoms with Gasteiger partial charge in [0.1, 0.15) is 0 Å². The van der Waals surface area contributed by atoms with E-state index in [4.69, 9.17) is 4.52 Å². The van der Waals surface area contributed by atoms with Crippen molar-refractivity contribution in [1.29, 1.82) is 0 Å². The minimum absolute atomic E-state index is 0.443. The lowest BCUT2D eigenvalue weighted by Gasteiger charge is -2.09. The molecule has 3 aromatic heterocycles. The summed E-state index contributed by atoms with van der Waals surface area (Å²) in [6.07, 6.45) is 3.41. The number of nitrogens with zero attached hydrogens (tertiary/aromatic N) is 5. The van der Waals surface area contributed by atoms with Crippen molar-refractivity contribution in [2.24, 2.45) is 0 Å². The first-order valence-electron chi connectivity index (χ1n) is 7.56. The Morgan fingerprint density at radius 2 is 1.92 bits per heavy atom. The van der Waals surface area contributed by atoms with E-state index < -0.39 is 0 Å². The number of rotatable bonds is 4. The fourth-order valence-electron chi connectivity index (χ4n) is 2.54. The Morgan fingerprint density at radius 3 is 2.71 bits per heavy atom. The Morgan fingerprint density at radius 1 is 1.08 bits per heavy atom. The molecular formula is C17H16N6O. The Bertz CT molecular complexity index is 970. The van der Waals surface area contributed by atoms with Crippen LogP contribution in [0, 0.1) is 0 Å². The molecule has 0 saturated heterocycles. The predicted octanol–water partition coefficient (Wildman–Crippen LogP) is 2.74. The van der Waals surface area contributed by atoms with Gasteiger partial charge in [-0.25, -0.2) is 4.98 Å². The number of aromatic amines is 1. The minimum Gasteiger partial charge on any atom is -0.334 e. The van der Waals surface area contributed by atoms with E-state index in [1.54, 1.807) is 12.4 Å². The molecule has 3 heterocycles. The van der Waals surface area contributed by atoms with Gasteiger partial charge in [-0.3, -0.25) is 5.10 Å². The molecule has 0 aliphatic heterocycles. The van der Waals surface area contributed by atoms with Crippen molar-refractivity contribution in [2.45, 2.75) is 6.54 Å². The Hall–Kier alpha value is -3.06. The van der Waals surface area contributed by atoms with Gasteiger partial charge in [0.2, 0.25) is 5.82 Å². The summed E-state index contributed by atoms with van der Waals surface area (Å²) in [6, 6.07) is 10.1. The summed E-state index contributed by atoms with van der Waals surface area (Å²) in [5, 5.41) is 11.8. The van der Waals surface area contributed by atoms with Crippen molar-refractivity contribution in [2.75, 3.05) is 14.1 Å². The number of pyridine rings is 1. The van der Waals surface area contributed by atoms with Crippen molar-refractivity contribution in [3.05, 3.63) is 48.3 Å². The quantitative estimate of drug-likeness (QED) is 0.622. The van der Waals surface area contributed by atoms with Gasteiger partial charge in [-0.1, -0.05) is 29.4 Å². The monoisotopic (exact) mass is 320 g/mol. The molecule has 0 amide bonds. The molecule has 7 nitrogen and oxygen atoms in total. The maximum Gasteiger partial charge on any atom is 0.259 e. The number of H-pyrrole nitrogens is 1. The molecule has 4 rings (SSSR count). The van der Waals surface area contributed by atoms with Gasteiger partial charge >= 0.3 is 0 Å². The lowest BCUT2D eigenvalue weighted by Crippen LogP contribution is -2.10. The number of fused-ring (bicyclic) bond motifs is 1. The van der Waals surface area contributed by atoms with Crippen LogP contribution in [0.3, 0.4) is 0 Å². The van der Waals surface area contributed by atoms with Crippen molar-refractivity contribution in [3.8, 4) is 22.8 Å². The molecule has 1 aromatic carbocycles. The van der Waals surface area contributed by atoms with Crippen molar-refractivity contribution in [3.63, 3.8) is 0 Å². The molecule has 0 bridgehead atoms. The summed E-state index contributed by atoms with van der Waals surface area (Å²) in [5.41, 5.74) is 3.66. The smallest absolute Gasteiger partial charge is 0.259 e. The third-order valence-corrected chi connectivity index (χ3v) is 3.68. The Kier molecular flexibility index (Phi) is 3.55. The van der Waals surface area contributed by atoms with Crippen LogP contribution in [-0.2, 0) is 6.54 Å². The zero-order valence-electron chi connectivity index (χ0n) is 13.4. The summed E-state index contributed by atoms with van der Waals surface area (Å²) in [5.74, 6) is 1.01. The summed E-state index contributed by atoms with van der Waals surface area (Å²) in [7, 11) is 4.09. The van der Waals surface area contributed by atoms with Crippen LogP contribution in [-0.4, -0.2) is 44.3 Å². The SMILES string of the molecule is CN(C)Cc1ccc(-c2noc(-c3cnc4[nH]ncc4c3)n2)cc1.